The van der Waals surface area contributed by atoms with Crippen molar-refractivity contribution in [3.8, 4) is 11.1 Å². The predicted molar refractivity (Wildman–Crippen MR) is 141 cm³/mol. The number of nitrogens with two attached hydrogens (primary N) is 1. The Kier molecular flexibility index (Phi) is 8.00. The number of carbonyl (C=O) groups excluding carboxylic acids is 1. The lowest BCUT2D eigenvalue weighted by Crippen LogP contribution is -2.29. The molecule has 7 nitrogen and oxygen atoms in total. The summed E-state index contributed by atoms with van der Waals surface area (Å²) in [6.45, 7) is 7.77. The quantitative estimate of drug-likeness (QED) is 0.542. The SMILES string of the molecule is CCCN(CCC)CC1=Cc2ccc(-c3ccc(C(=O)N4CC(O)C(O)C4)cc3)cc2N=C(N)C1. The summed E-state index contributed by atoms with van der Waals surface area (Å²) >= 11 is 0. The smallest absolute Gasteiger partial charge is 0.254 e. The van der Waals surface area contributed by atoms with Crippen LogP contribution in [0.15, 0.2) is 53.0 Å². The van der Waals surface area contributed by atoms with Gasteiger partial charge in [0, 0.05) is 37.2 Å². The van der Waals surface area contributed by atoms with Crippen molar-refractivity contribution in [2.75, 3.05) is 32.7 Å². The van der Waals surface area contributed by atoms with Crippen LogP contribution in [0.1, 0.15) is 49.0 Å². The van der Waals surface area contributed by atoms with Crippen LogP contribution in [0.2, 0.25) is 0 Å². The third kappa shape index (κ3) is 5.99. The van der Waals surface area contributed by atoms with E-state index in [9.17, 15) is 15.0 Å². The Morgan fingerprint density at radius 1 is 1.03 bits per heavy atom. The lowest BCUT2D eigenvalue weighted by Gasteiger charge is -2.22. The van der Waals surface area contributed by atoms with Crippen molar-refractivity contribution < 1.29 is 15.0 Å². The van der Waals surface area contributed by atoms with E-state index in [-0.39, 0.29) is 19.0 Å². The van der Waals surface area contributed by atoms with Crippen molar-refractivity contribution in [2.45, 2.75) is 45.3 Å². The van der Waals surface area contributed by atoms with Gasteiger partial charge in [0.15, 0.2) is 0 Å². The molecule has 1 saturated heterocycles. The third-order valence-corrected chi connectivity index (χ3v) is 6.58. The molecule has 2 aromatic carbocycles. The second-order valence-corrected chi connectivity index (χ2v) is 9.55. The molecule has 2 unspecified atom stereocenters. The van der Waals surface area contributed by atoms with Crippen molar-refractivity contribution in [1.29, 1.82) is 0 Å². The average Bonchev–Trinajstić information content (AvgIpc) is 3.08. The Bertz CT molecular complexity index is 1090. The number of carbonyl (C=O) groups is 1. The number of nitrogens with zero attached hydrogens (tertiary/aromatic N) is 3. The van der Waals surface area contributed by atoms with E-state index in [1.54, 1.807) is 12.1 Å². The van der Waals surface area contributed by atoms with Crippen LogP contribution in [0.25, 0.3) is 17.2 Å². The van der Waals surface area contributed by atoms with Crippen molar-refractivity contribution in [3.05, 3.63) is 59.2 Å². The maximum atomic E-state index is 12.7. The molecule has 0 spiro atoms. The molecule has 0 aromatic heterocycles. The molecule has 4 N–H and O–H groups in total. The Hall–Kier alpha value is -3.00. The van der Waals surface area contributed by atoms with Gasteiger partial charge in [-0.05, 0) is 60.8 Å². The van der Waals surface area contributed by atoms with E-state index in [0.717, 1.165) is 54.9 Å². The van der Waals surface area contributed by atoms with Gasteiger partial charge in [0.05, 0.1) is 17.9 Å². The van der Waals surface area contributed by atoms with Gasteiger partial charge in [0.1, 0.15) is 5.84 Å². The Morgan fingerprint density at radius 2 is 1.66 bits per heavy atom. The van der Waals surface area contributed by atoms with Gasteiger partial charge in [-0.25, -0.2) is 4.99 Å². The molecule has 2 aliphatic heterocycles. The summed E-state index contributed by atoms with van der Waals surface area (Å²) in [6, 6.07) is 13.6. The van der Waals surface area contributed by atoms with E-state index in [4.69, 9.17) is 10.7 Å². The molecular formula is C28H36N4O3. The Balaban J connectivity index is 1.53. The number of rotatable bonds is 8. The van der Waals surface area contributed by atoms with Crippen LogP contribution in [-0.4, -0.2) is 76.7 Å². The number of β-amino-alcohol motifs (C(OH)–C–C–N with tert-alkyl or cyclic N) is 2. The number of aliphatic hydroxyl groups is 2. The molecule has 2 atom stereocenters. The molecule has 0 bridgehead atoms. The van der Waals surface area contributed by atoms with Crippen molar-refractivity contribution >= 4 is 23.5 Å². The first-order valence-corrected chi connectivity index (χ1v) is 12.5. The molecule has 0 aliphatic carbocycles. The highest BCUT2D eigenvalue weighted by atomic mass is 16.3. The largest absolute Gasteiger partial charge is 0.388 e. The number of hydrogen-bond acceptors (Lipinski definition) is 6. The monoisotopic (exact) mass is 476 g/mol. The number of fused-ring (bicyclic) bond motifs is 1. The highest BCUT2D eigenvalue weighted by molar-refractivity contribution is 5.95. The lowest BCUT2D eigenvalue weighted by atomic mass is 10.00. The van der Waals surface area contributed by atoms with Gasteiger partial charge in [-0.15, -0.1) is 0 Å². The molecule has 0 radical (unpaired) electrons. The topological polar surface area (TPSA) is 102 Å². The molecule has 2 aromatic rings. The summed E-state index contributed by atoms with van der Waals surface area (Å²) in [5, 5.41) is 19.5. The first-order valence-electron chi connectivity index (χ1n) is 12.5. The fourth-order valence-corrected chi connectivity index (χ4v) is 4.85. The average molecular weight is 477 g/mol. The highest BCUT2D eigenvalue weighted by Gasteiger charge is 2.32. The van der Waals surface area contributed by atoms with Gasteiger partial charge in [-0.1, -0.05) is 44.2 Å². The summed E-state index contributed by atoms with van der Waals surface area (Å²) < 4.78 is 0. The standard InChI is InChI=1S/C28H36N4O3/c1-3-11-31(12-4-2)16-19-13-23-10-9-22(15-24(23)30-27(29)14-19)20-5-7-21(8-6-20)28(35)32-17-25(33)26(34)18-32/h5-10,13,15,25-26,33-34H,3-4,11-12,14,16-18H2,1-2H3,(H2,29,30). The van der Waals surface area contributed by atoms with Crippen LogP contribution < -0.4 is 5.73 Å². The molecule has 4 rings (SSSR count). The fourth-order valence-electron chi connectivity index (χ4n) is 4.85. The summed E-state index contributed by atoms with van der Waals surface area (Å²) in [5.74, 6) is 0.431. The third-order valence-electron chi connectivity index (χ3n) is 6.58. The Morgan fingerprint density at radius 3 is 2.29 bits per heavy atom. The normalized spacial score (nSPS) is 19.9. The zero-order valence-electron chi connectivity index (χ0n) is 20.7. The summed E-state index contributed by atoms with van der Waals surface area (Å²) in [4.78, 5) is 21.4. The van der Waals surface area contributed by atoms with Crippen molar-refractivity contribution in [2.24, 2.45) is 10.7 Å². The summed E-state index contributed by atoms with van der Waals surface area (Å²) in [6.07, 6.45) is 3.38. The van der Waals surface area contributed by atoms with Crippen molar-refractivity contribution in [1.82, 2.24) is 9.80 Å². The number of hydrogen-bond donors (Lipinski definition) is 3. The lowest BCUT2D eigenvalue weighted by molar-refractivity contribution is 0.0572. The minimum atomic E-state index is -0.887. The number of likely N-dealkylation sites (tertiary alicyclic amines) is 1. The second-order valence-electron chi connectivity index (χ2n) is 9.55. The number of aliphatic imine (C=N–C) groups is 1. The van der Waals surface area contributed by atoms with E-state index >= 15 is 0 Å². The van der Waals surface area contributed by atoms with E-state index in [1.165, 1.54) is 10.5 Å². The highest BCUT2D eigenvalue weighted by Crippen LogP contribution is 2.32. The molecule has 2 heterocycles. The van der Waals surface area contributed by atoms with Gasteiger partial charge in [-0.2, -0.15) is 0 Å². The van der Waals surface area contributed by atoms with E-state index < -0.39 is 12.2 Å². The zero-order valence-corrected chi connectivity index (χ0v) is 20.7. The van der Waals surface area contributed by atoms with Crippen LogP contribution in [0.5, 0.6) is 0 Å². The number of amides is 1. The van der Waals surface area contributed by atoms with Gasteiger partial charge in [0.25, 0.3) is 5.91 Å². The van der Waals surface area contributed by atoms with Crippen LogP contribution in [0.4, 0.5) is 5.69 Å². The van der Waals surface area contributed by atoms with Gasteiger partial charge in [-0.3, -0.25) is 9.69 Å². The number of benzene rings is 2. The summed E-state index contributed by atoms with van der Waals surface area (Å²) in [5.41, 5.74) is 12.0. The zero-order chi connectivity index (χ0) is 24.9. The Labute approximate surface area is 207 Å². The van der Waals surface area contributed by atoms with Crippen LogP contribution in [0, 0.1) is 0 Å². The first-order chi connectivity index (χ1) is 16.9. The fraction of sp³-hybridized carbons (Fsp3) is 0.429. The molecule has 1 amide bonds. The second kappa shape index (κ2) is 11.2. The van der Waals surface area contributed by atoms with E-state index in [1.807, 2.05) is 18.2 Å². The van der Waals surface area contributed by atoms with Crippen LogP contribution >= 0.6 is 0 Å². The maximum Gasteiger partial charge on any atom is 0.254 e. The minimum absolute atomic E-state index is 0.149. The van der Waals surface area contributed by atoms with Gasteiger partial charge >= 0.3 is 0 Å². The molecule has 186 valence electrons. The molecule has 7 heteroatoms. The number of amidine groups is 1. The molecule has 35 heavy (non-hydrogen) atoms. The minimum Gasteiger partial charge on any atom is -0.388 e. The van der Waals surface area contributed by atoms with Crippen LogP contribution in [0.3, 0.4) is 0 Å². The van der Waals surface area contributed by atoms with Gasteiger partial charge in [0.2, 0.25) is 0 Å². The molecular weight excluding hydrogens is 440 g/mol. The predicted octanol–water partition coefficient (Wildman–Crippen LogP) is 3.43. The number of aliphatic hydroxyl groups excluding tert-OH is 2. The molecule has 2 aliphatic rings. The first kappa shape index (κ1) is 25.1. The van der Waals surface area contributed by atoms with Crippen LogP contribution in [-0.2, 0) is 0 Å². The summed E-state index contributed by atoms with van der Waals surface area (Å²) in [7, 11) is 0. The molecule has 0 saturated carbocycles. The maximum absolute atomic E-state index is 12.7. The molecule has 1 fully saturated rings. The van der Waals surface area contributed by atoms with E-state index in [2.05, 4.69) is 37.0 Å². The van der Waals surface area contributed by atoms with Gasteiger partial charge < -0.3 is 20.8 Å². The van der Waals surface area contributed by atoms with E-state index in [0.29, 0.717) is 17.8 Å². The van der Waals surface area contributed by atoms with Crippen molar-refractivity contribution in [3.63, 3.8) is 0 Å².